The van der Waals surface area contributed by atoms with Crippen molar-refractivity contribution in [2.75, 3.05) is 30.6 Å². The van der Waals surface area contributed by atoms with Crippen molar-refractivity contribution < 1.29 is 14.3 Å². The third kappa shape index (κ3) is 5.39. The first-order chi connectivity index (χ1) is 14.9. The molecule has 0 fully saturated rings. The summed E-state index contributed by atoms with van der Waals surface area (Å²) in [6, 6.07) is 12.0. The minimum atomic E-state index is -0.394. The van der Waals surface area contributed by atoms with Crippen LogP contribution in [-0.4, -0.2) is 25.1 Å². The summed E-state index contributed by atoms with van der Waals surface area (Å²) in [6.45, 7) is 0. The zero-order valence-corrected chi connectivity index (χ0v) is 18.3. The molecule has 31 heavy (non-hydrogen) atoms. The van der Waals surface area contributed by atoms with E-state index in [-0.39, 0.29) is 0 Å². The third-order valence-corrected chi connectivity index (χ3v) is 5.00. The predicted molar refractivity (Wildman–Crippen MR) is 126 cm³/mol. The van der Waals surface area contributed by atoms with Gasteiger partial charge in [0.05, 0.1) is 35.6 Å². The van der Waals surface area contributed by atoms with E-state index in [1.807, 2.05) is 12.1 Å². The predicted octanol–water partition coefficient (Wildman–Crippen LogP) is 5.38. The molecular formula is C22H20Cl2N4O3. The number of hydrogen-bond acceptors (Lipinski definition) is 6. The number of nitrogens with one attached hydrogen (secondary N) is 2. The maximum atomic E-state index is 12.4. The van der Waals surface area contributed by atoms with Crippen molar-refractivity contribution in [3.05, 3.63) is 70.3 Å². The van der Waals surface area contributed by atoms with Crippen molar-refractivity contribution in [2.45, 2.75) is 0 Å². The molecule has 0 aliphatic carbocycles. The van der Waals surface area contributed by atoms with Crippen LogP contribution < -0.4 is 25.8 Å². The van der Waals surface area contributed by atoms with Gasteiger partial charge in [0.2, 0.25) is 5.91 Å². The summed E-state index contributed by atoms with van der Waals surface area (Å²) in [5.41, 5.74) is 7.85. The fraction of sp³-hybridized carbons (Fsp3) is 0.0909. The van der Waals surface area contributed by atoms with Gasteiger partial charge >= 0.3 is 0 Å². The molecule has 7 nitrogen and oxygen atoms in total. The molecule has 1 heterocycles. The van der Waals surface area contributed by atoms with Crippen LogP contribution >= 0.6 is 23.2 Å². The van der Waals surface area contributed by atoms with Gasteiger partial charge in [-0.2, -0.15) is 0 Å². The second kappa shape index (κ2) is 10.1. The van der Waals surface area contributed by atoms with E-state index in [0.717, 1.165) is 0 Å². The lowest BCUT2D eigenvalue weighted by Gasteiger charge is -2.15. The molecule has 160 valence electrons. The Balaban J connectivity index is 1.82. The molecule has 3 rings (SSSR count). The minimum absolute atomic E-state index is 0.291. The van der Waals surface area contributed by atoms with Crippen LogP contribution in [0, 0.1) is 0 Å². The highest BCUT2D eigenvalue weighted by Gasteiger charge is 2.12. The van der Waals surface area contributed by atoms with Crippen molar-refractivity contribution in [3.8, 4) is 11.5 Å². The first-order valence-electron chi connectivity index (χ1n) is 9.09. The van der Waals surface area contributed by atoms with Gasteiger partial charge in [-0.25, -0.2) is 4.98 Å². The number of nitrogen functional groups attached to an aromatic ring is 1. The van der Waals surface area contributed by atoms with E-state index in [9.17, 15) is 4.79 Å². The number of methoxy groups -OCH3 is 2. The van der Waals surface area contributed by atoms with Crippen LogP contribution in [0.25, 0.3) is 6.08 Å². The summed E-state index contributed by atoms with van der Waals surface area (Å²) >= 11 is 11.9. The molecule has 1 amide bonds. The number of anilines is 4. The summed E-state index contributed by atoms with van der Waals surface area (Å²) in [7, 11) is 3.14. The maximum Gasteiger partial charge on any atom is 0.248 e. The zero-order valence-electron chi connectivity index (χ0n) is 16.8. The van der Waals surface area contributed by atoms with Crippen molar-refractivity contribution in [3.63, 3.8) is 0 Å². The van der Waals surface area contributed by atoms with Crippen LogP contribution in [0.15, 0.2) is 54.7 Å². The van der Waals surface area contributed by atoms with Gasteiger partial charge in [-0.3, -0.25) is 4.79 Å². The summed E-state index contributed by atoms with van der Waals surface area (Å²) in [4.78, 5) is 16.8. The molecule has 0 aliphatic rings. The van der Waals surface area contributed by atoms with Gasteiger partial charge in [0.15, 0.2) is 0 Å². The molecular weight excluding hydrogens is 439 g/mol. The van der Waals surface area contributed by atoms with E-state index in [4.69, 9.17) is 38.4 Å². The highest BCUT2D eigenvalue weighted by Crippen LogP contribution is 2.37. The molecule has 0 saturated heterocycles. The van der Waals surface area contributed by atoms with Crippen LogP contribution in [0.2, 0.25) is 10.0 Å². The van der Waals surface area contributed by atoms with Crippen molar-refractivity contribution >= 4 is 58.1 Å². The molecule has 0 saturated carbocycles. The highest BCUT2D eigenvalue weighted by atomic mass is 35.5. The van der Waals surface area contributed by atoms with E-state index in [2.05, 4.69) is 15.6 Å². The monoisotopic (exact) mass is 458 g/mol. The maximum absolute atomic E-state index is 12.4. The normalized spacial score (nSPS) is 10.7. The van der Waals surface area contributed by atoms with E-state index in [1.54, 1.807) is 44.7 Å². The van der Waals surface area contributed by atoms with Crippen molar-refractivity contribution in [1.29, 1.82) is 0 Å². The Hall–Kier alpha value is -3.42. The van der Waals surface area contributed by atoms with Gasteiger partial charge < -0.3 is 25.8 Å². The number of para-hydroxylation sites is 1. The lowest BCUT2D eigenvalue weighted by molar-refractivity contribution is -0.111. The number of aromatic nitrogens is 1. The fourth-order valence-corrected chi connectivity index (χ4v) is 3.10. The number of halogens is 2. The lowest BCUT2D eigenvalue weighted by Crippen LogP contribution is -2.10. The molecule has 2 aromatic carbocycles. The van der Waals surface area contributed by atoms with Crippen molar-refractivity contribution in [1.82, 2.24) is 4.98 Å². The molecule has 0 bridgehead atoms. The van der Waals surface area contributed by atoms with Crippen LogP contribution in [0.4, 0.5) is 22.9 Å². The summed E-state index contributed by atoms with van der Waals surface area (Å²) in [5, 5.41) is 6.49. The topological polar surface area (TPSA) is 98.5 Å². The molecule has 3 aromatic rings. The lowest BCUT2D eigenvalue weighted by atomic mass is 10.2. The third-order valence-electron chi connectivity index (χ3n) is 4.27. The van der Waals surface area contributed by atoms with Gasteiger partial charge in [0, 0.05) is 17.8 Å². The summed E-state index contributed by atoms with van der Waals surface area (Å²) in [6.07, 6.45) is 4.63. The molecule has 9 heteroatoms. The number of benzene rings is 2. The fourth-order valence-electron chi connectivity index (χ4n) is 2.76. The number of hydrogen-bond donors (Lipinski definition) is 3. The van der Waals surface area contributed by atoms with E-state index in [1.165, 1.54) is 18.2 Å². The Morgan fingerprint density at radius 1 is 1.06 bits per heavy atom. The Morgan fingerprint density at radius 2 is 1.74 bits per heavy atom. The molecule has 0 unspecified atom stereocenters. The number of ether oxygens (including phenoxy) is 2. The van der Waals surface area contributed by atoms with Crippen LogP contribution in [0.1, 0.15) is 5.56 Å². The Morgan fingerprint density at radius 3 is 2.42 bits per heavy atom. The number of rotatable bonds is 7. The Bertz CT molecular complexity index is 1110. The quantitative estimate of drug-likeness (QED) is 0.324. The molecule has 0 spiro atoms. The molecule has 4 N–H and O–H groups in total. The van der Waals surface area contributed by atoms with E-state index < -0.39 is 5.91 Å². The Kier molecular flexibility index (Phi) is 7.23. The van der Waals surface area contributed by atoms with Crippen LogP contribution in [0.5, 0.6) is 11.5 Å². The molecule has 0 atom stereocenters. The second-order valence-electron chi connectivity index (χ2n) is 6.28. The van der Waals surface area contributed by atoms with Gasteiger partial charge in [-0.1, -0.05) is 29.3 Å². The van der Waals surface area contributed by atoms with Gasteiger partial charge in [-0.05, 0) is 42.5 Å². The highest BCUT2D eigenvalue weighted by molar-refractivity contribution is 6.42. The average molecular weight is 459 g/mol. The summed E-state index contributed by atoms with van der Waals surface area (Å²) < 4.78 is 10.8. The molecule has 0 aliphatic heterocycles. The van der Waals surface area contributed by atoms with Crippen LogP contribution in [0.3, 0.4) is 0 Å². The second-order valence-corrected chi connectivity index (χ2v) is 7.09. The number of carbonyl (C=O) groups is 1. The first-order valence-corrected chi connectivity index (χ1v) is 9.85. The SMILES string of the molecule is COc1cccc(OC)c1Nc1ncccc1/C=C/C(=O)Nc1cc(Cl)c(Cl)cc1N. The van der Waals surface area contributed by atoms with Gasteiger partial charge in [0.25, 0.3) is 0 Å². The number of carbonyl (C=O) groups excluding carboxylic acids is 1. The number of nitrogens with two attached hydrogens (primary N) is 1. The van der Waals surface area contributed by atoms with Gasteiger partial charge in [-0.15, -0.1) is 0 Å². The van der Waals surface area contributed by atoms with E-state index >= 15 is 0 Å². The Labute approximate surface area is 189 Å². The largest absolute Gasteiger partial charge is 0.494 e. The first kappa shape index (κ1) is 22.3. The number of amides is 1. The smallest absolute Gasteiger partial charge is 0.248 e. The minimum Gasteiger partial charge on any atom is -0.494 e. The van der Waals surface area contributed by atoms with E-state index in [0.29, 0.717) is 50.0 Å². The number of pyridine rings is 1. The molecule has 1 aromatic heterocycles. The van der Waals surface area contributed by atoms with Gasteiger partial charge in [0.1, 0.15) is 23.0 Å². The molecule has 0 radical (unpaired) electrons. The average Bonchev–Trinajstić information content (AvgIpc) is 2.77. The summed E-state index contributed by atoms with van der Waals surface area (Å²) in [5.74, 6) is 1.30. The standard InChI is InChI=1S/C22H20Cl2N4O3/c1-30-18-6-3-7-19(31-2)21(18)28-22-13(5-4-10-26-22)8-9-20(29)27-17-12-15(24)14(23)11-16(17)25/h3-12H,25H2,1-2H3,(H,26,28)(H,27,29)/b9-8+. The zero-order chi connectivity index (χ0) is 22.4. The number of nitrogens with zero attached hydrogens (tertiary/aromatic N) is 1. The van der Waals surface area contributed by atoms with Crippen LogP contribution in [-0.2, 0) is 4.79 Å². The van der Waals surface area contributed by atoms with Crippen molar-refractivity contribution in [2.24, 2.45) is 0 Å².